The topological polar surface area (TPSA) is 49.4 Å². The second-order valence-electron chi connectivity index (χ2n) is 5.70. The molecular formula is C13H26N2O2S. The molecule has 5 heteroatoms. The van der Waals surface area contributed by atoms with Crippen LogP contribution in [0.3, 0.4) is 0 Å². The van der Waals surface area contributed by atoms with Gasteiger partial charge in [0.2, 0.25) is 10.0 Å². The molecule has 0 unspecified atom stereocenters. The minimum Gasteiger partial charge on any atom is -0.314 e. The number of hydrogen-bond acceptors (Lipinski definition) is 3. The van der Waals surface area contributed by atoms with Crippen molar-refractivity contribution in [3.63, 3.8) is 0 Å². The van der Waals surface area contributed by atoms with Crippen molar-refractivity contribution in [3.8, 4) is 0 Å². The highest BCUT2D eigenvalue weighted by molar-refractivity contribution is 7.89. The Morgan fingerprint density at radius 3 is 2.61 bits per heavy atom. The van der Waals surface area contributed by atoms with E-state index in [0.29, 0.717) is 12.3 Å². The van der Waals surface area contributed by atoms with E-state index in [1.54, 1.807) is 0 Å². The average Bonchev–Trinajstić information content (AvgIpc) is 2.38. The van der Waals surface area contributed by atoms with Crippen molar-refractivity contribution in [2.24, 2.45) is 0 Å². The van der Waals surface area contributed by atoms with E-state index >= 15 is 0 Å². The van der Waals surface area contributed by atoms with Crippen LogP contribution in [0.2, 0.25) is 0 Å². The molecule has 1 saturated heterocycles. The number of piperazine rings is 1. The van der Waals surface area contributed by atoms with Gasteiger partial charge in [0, 0.05) is 25.2 Å². The van der Waals surface area contributed by atoms with E-state index in [-0.39, 0.29) is 5.54 Å². The van der Waals surface area contributed by atoms with Crippen LogP contribution >= 0.6 is 0 Å². The van der Waals surface area contributed by atoms with Gasteiger partial charge in [-0.05, 0) is 19.3 Å². The number of nitrogens with one attached hydrogen (secondary N) is 1. The van der Waals surface area contributed by atoms with Gasteiger partial charge in [0.15, 0.2) is 0 Å². The summed E-state index contributed by atoms with van der Waals surface area (Å²) in [5.41, 5.74) is -0.108. The zero-order valence-corrected chi connectivity index (χ0v) is 12.3. The highest BCUT2D eigenvalue weighted by Gasteiger charge is 2.45. The summed E-state index contributed by atoms with van der Waals surface area (Å²) in [6.45, 7) is 4.35. The molecule has 1 N–H and O–H groups in total. The van der Waals surface area contributed by atoms with Gasteiger partial charge in [0.25, 0.3) is 0 Å². The van der Waals surface area contributed by atoms with Crippen LogP contribution in [0.25, 0.3) is 0 Å². The Morgan fingerprint density at radius 1 is 1.22 bits per heavy atom. The minimum absolute atomic E-state index is 0.108. The Balaban J connectivity index is 2.16. The van der Waals surface area contributed by atoms with Crippen LogP contribution in [0.15, 0.2) is 0 Å². The minimum atomic E-state index is -3.06. The van der Waals surface area contributed by atoms with Gasteiger partial charge >= 0.3 is 0 Å². The molecule has 4 nitrogen and oxygen atoms in total. The van der Waals surface area contributed by atoms with E-state index in [0.717, 1.165) is 38.8 Å². The van der Waals surface area contributed by atoms with Gasteiger partial charge in [-0.25, -0.2) is 8.42 Å². The summed E-state index contributed by atoms with van der Waals surface area (Å²) >= 11 is 0. The normalized spacial score (nSPS) is 25.4. The lowest BCUT2D eigenvalue weighted by atomic mass is 9.80. The molecule has 1 heterocycles. The highest BCUT2D eigenvalue weighted by atomic mass is 32.2. The fourth-order valence-corrected chi connectivity index (χ4v) is 5.41. The maximum atomic E-state index is 12.5. The number of rotatable bonds is 4. The van der Waals surface area contributed by atoms with Crippen molar-refractivity contribution in [3.05, 3.63) is 0 Å². The molecule has 2 aliphatic rings. The smallest absolute Gasteiger partial charge is 0.214 e. The molecular weight excluding hydrogens is 248 g/mol. The summed E-state index contributed by atoms with van der Waals surface area (Å²) < 4.78 is 26.9. The zero-order valence-electron chi connectivity index (χ0n) is 11.5. The van der Waals surface area contributed by atoms with E-state index in [1.165, 1.54) is 19.3 Å². The first kappa shape index (κ1) is 14.3. The van der Waals surface area contributed by atoms with Crippen LogP contribution in [0, 0.1) is 0 Å². The molecule has 2 fully saturated rings. The monoisotopic (exact) mass is 274 g/mol. The van der Waals surface area contributed by atoms with E-state index in [1.807, 2.05) is 11.2 Å². The van der Waals surface area contributed by atoms with Gasteiger partial charge in [-0.1, -0.05) is 32.6 Å². The van der Waals surface area contributed by atoms with Crippen LogP contribution in [0.5, 0.6) is 0 Å². The van der Waals surface area contributed by atoms with E-state index in [9.17, 15) is 8.42 Å². The van der Waals surface area contributed by atoms with Crippen LogP contribution in [0.1, 0.15) is 51.9 Å². The van der Waals surface area contributed by atoms with Gasteiger partial charge in [-0.15, -0.1) is 0 Å². The molecule has 0 radical (unpaired) electrons. The Morgan fingerprint density at radius 2 is 1.94 bits per heavy atom. The molecule has 0 aromatic carbocycles. The fraction of sp³-hybridized carbons (Fsp3) is 1.00. The van der Waals surface area contributed by atoms with Crippen molar-refractivity contribution in [1.82, 2.24) is 9.62 Å². The quantitative estimate of drug-likeness (QED) is 0.849. The molecule has 0 atom stereocenters. The average molecular weight is 274 g/mol. The van der Waals surface area contributed by atoms with Crippen molar-refractivity contribution in [2.75, 3.05) is 25.4 Å². The fourth-order valence-electron chi connectivity index (χ4n) is 3.33. The molecule has 0 amide bonds. The number of sulfonamides is 1. The van der Waals surface area contributed by atoms with Gasteiger partial charge in [-0.2, -0.15) is 4.31 Å². The predicted octanol–water partition coefficient (Wildman–Crippen LogP) is 1.72. The first-order valence-electron chi connectivity index (χ1n) is 7.32. The van der Waals surface area contributed by atoms with Crippen molar-refractivity contribution < 1.29 is 8.42 Å². The Kier molecular flexibility index (Phi) is 4.67. The lowest BCUT2D eigenvalue weighted by molar-refractivity contribution is 0.101. The van der Waals surface area contributed by atoms with Gasteiger partial charge in [-0.3, -0.25) is 0 Å². The molecule has 1 saturated carbocycles. The highest BCUT2D eigenvalue weighted by Crippen LogP contribution is 2.36. The third-order valence-corrected chi connectivity index (χ3v) is 6.40. The van der Waals surface area contributed by atoms with Crippen molar-refractivity contribution in [1.29, 1.82) is 0 Å². The Labute approximate surface area is 111 Å². The first-order valence-corrected chi connectivity index (χ1v) is 8.93. The number of hydrogen-bond donors (Lipinski definition) is 1. The van der Waals surface area contributed by atoms with Crippen LogP contribution in [-0.2, 0) is 10.0 Å². The second-order valence-corrected chi connectivity index (χ2v) is 7.72. The van der Waals surface area contributed by atoms with Gasteiger partial charge < -0.3 is 5.32 Å². The van der Waals surface area contributed by atoms with Crippen LogP contribution in [0.4, 0.5) is 0 Å². The van der Waals surface area contributed by atoms with Crippen LogP contribution < -0.4 is 5.32 Å². The number of nitrogens with zero attached hydrogens (tertiary/aromatic N) is 1. The lowest BCUT2D eigenvalue weighted by Crippen LogP contribution is -2.63. The Hall–Kier alpha value is -0.130. The molecule has 1 aliphatic heterocycles. The molecule has 2 rings (SSSR count). The number of unbranched alkanes of at least 4 members (excludes halogenated alkanes) is 1. The summed E-state index contributed by atoms with van der Waals surface area (Å²) in [7, 11) is -3.06. The van der Waals surface area contributed by atoms with E-state index in [4.69, 9.17) is 0 Å². The molecule has 106 valence electrons. The zero-order chi connectivity index (χ0) is 13.1. The van der Waals surface area contributed by atoms with E-state index in [2.05, 4.69) is 5.32 Å². The largest absolute Gasteiger partial charge is 0.314 e. The van der Waals surface area contributed by atoms with Gasteiger partial charge in [0.1, 0.15) is 0 Å². The standard InChI is InChI=1S/C13H26N2O2S/c1-2-3-11-18(16,17)15-10-9-14-12-13(15)7-5-4-6-8-13/h14H,2-12H2,1H3. The summed E-state index contributed by atoms with van der Waals surface area (Å²) in [5, 5.41) is 3.40. The maximum absolute atomic E-state index is 12.5. The molecule has 0 bridgehead atoms. The first-order chi connectivity index (χ1) is 8.61. The summed E-state index contributed by atoms with van der Waals surface area (Å²) in [5.74, 6) is 0.325. The summed E-state index contributed by atoms with van der Waals surface area (Å²) in [6, 6.07) is 0. The predicted molar refractivity (Wildman–Crippen MR) is 74.1 cm³/mol. The lowest BCUT2D eigenvalue weighted by Gasteiger charge is -2.48. The summed E-state index contributed by atoms with van der Waals surface area (Å²) in [6.07, 6.45) is 7.38. The summed E-state index contributed by atoms with van der Waals surface area (Å²) in [4.78, 5) is 0. The maximum Gasteiger partial charge on any atom is 0.214 e. The molecule has 0 aromatic rings. The van der Waals surface area contributed by atoms with Crippen LogP contribution in [-0.4, -0.2) is 43.6 Å². The third-order valence-electron chi connectivity index (χ3n) is 4.35. The van der Waals surface area contributed by atoms with E-state index < -0.39 is 10.0 Å². The molecule has 1 aliphatic carbocycles. The van der Waals surface area contributed by atoms with Gasteiger partial charge in [0.05, 0.1) is 5.75 Å². The second kappa shape index (κ2) is 5.88. The Bertz CT molecular complexity index is 353. The SMILES string of the molecule is CCCCS(=O)(=O)N1CCNCC12CCCCC2. The van der Waals surface area contributed by atoms with Crippen molar-refractivity contribution >= 4 is 10.0 Å². The molecule has 18 heavy (non-hydrogen) atoms. The molecule has 1 spiro atoms. The van der Waals surface area contributed by atoms with Crippen molar-refractivity contribution in [2.45, 2.75) is 57.4 Å². The third kappa shape index (κ3) is 2.89. The molecule has 0 aromatic heterocycles.